The first-order valence-electron chi connectivity index (χ1n) is 5.15. The van der Waals surface area contributed by atoms with Gasteiger partial charge < -0.3 is 10.0 Å². The maximum atomic E-state index is 11.5. The fraction of sp³-hybridized carbons (Fsp3) is 0.800. The molecule has 0 aliphatic carbocycles. The number of likely N-dealkylation sites (tertiary alicyclic amines) is 1. The van der Waals surface area contributed by atoms with Crippen LogP contribution in [-0.2, 0) is 9.59 Å². The van der Waals surface area contributed by atoms with Gasteiger partial charge >= 0.3 is 5.97 Å². The maximum absolute atomic E-state index is 11.5. The van der Waals surface area contributed by atoms with Crippen LogP contribution < -0.4 is 0 Å². The molecule has 1 saturated heterocycles. The van der Waals surface area contributed by atoms with Gasteiger partial charge in [-0.05, 0) is 12.8 Å². The highest BCUT2D eigenvalue weighted by molar-refractivity contribution is 5.78. The van der Waals surface area contributed by atoms with E-state index in [2.05, 4.69) is 0 Å². The third-order valence-electron chi connectivity index (χ3n) is 2.63. The van der Waals surface area contributed by atoms with Crippen LogP contribution in [0.25, 0.3) is 0 Å². The van der Waals surface area contributed by atoms with Gasteiger partial charge in [0.2, 0.25) is 5.91 Å². The first kappa shape index (κ1) is 11.0. The Morgan fingerprint density at radius 2 is 2.21 bits per heavy atom. The van der Waals surface area contributed by atoms with E-state index in [1.165, 1.54) is 0 Å². The van der Waals surface area contributed by atoms with Crippen LogP contribution in [0.3, 0.4) is 0 Å². The number of aliphatic carboxylic acids is 1. The number of unbranched alkanes of at least 4 members (excludes halogenated alkanes) is 1. The van der Waals surface area contributed by atoms with Crippen molar-refractivity contribution in [3.8, 4) is 0 Å². The van der Waals surface area contributed by atoms with Gasteiger partial charge in [0.1, 0.15) is 0 Å². The minimum Gasteiger partial charge on any atom is -0.481 e. The van der Waals surface area contributed by atoms with E-state index < -0.39 is 5.97 Å². The number of rotatable bonds is 4. The van der Waals surface area contributed by atoms with Crippen molar-refractivity contribution in [2.45, 2.75) is 32.6 Å². The second kappa shape index (κ2) is 4.98. The van der Waals surface area contributed by atoms with Gasteiger partial charge in [-0.25, -0.2) is 0 Å². The molecule has 1 amide bonds. The highest BCUT2D eigenvalue weighted by Gasteiger charge is 2.30. The first-order valence-corrected chi connectivity index (χ1v) is 5.15. The molecular formula is C10H17NO3. The highest BCUT2D eigenvalue weighted by atomic mass is 16.4. The predicted molar refractivity (Wildman–Crippen MR) is 51.8 cm³/mol. The number of carboxylic acids is 1. The number of carbonyl (C=O) groups is 2. The van der Waals surface area contributed by atoms with E-state index in [-0.39, 0.29) is 11.8 Å². The third-order valence-corrected chi connectivity index (χ3v) is 2.63. The summed E-state index contributed by atoms with van der Waals surface area (Å²) in [4.78, 5) is 23.8. The molecule has 1 atom stereocenters. The summed E-state index contributed by atoms with van der Waals surface area (Å²) in [5, 5.41) is 8.75. The van der Waals surface area contributed by atoms with Crippen molar-refractivity contribution in [1.82, 2.24) is 4.90 Å². The molecule has 80 valence electrons. The Labute approximate surface area is 83.9 Å². The highest BCUT2D eigenvalue weighted by Crippen LogP contribution is 2.17. The molecule has 0 saturated carbocycles. The number of carboxylic acid groups (broad SMARTS) is 1. The molecule has 14 heavy (non-hydrogen) atoms. The van der Waals surface area contributed by atoms with Gasteiger partial charge in [-0.1, -0.05) is 13.3 Å². The number of carbonyl (C=O) groups excluding carboxylic acids is 1. The van der Waals surface area contributed by atoms with Crippen LogP contribution in [0.2, 0.25) is 0 Å². The molecule has 4 heteroatoms. The van der Waals surface area contributed by atoms with Crippen molar-refractivity contribution in [1.29, 1.82) is 0 Å². The maximum Gasteiger partial charge on any atom is 0.308 e. The minimum atomic E-state index is -0.782. The second-order valence-corrected chi connectivity index (χ2v) is 3.77. The molecule has 1 N–H and O–H groups in total. The van der Waals surface area contributed by atoms with E-state index in [9.17, 15) is 9.59 Å². The molecule has 1 rings (SSSR count). The number of hydrogen-bond donors (Lipinski definition) is 1. The lowest BCUT2D eigenvalue weighted by molar-refractivity contribution is -0.141. The average Bonchev–Trinajstić information content (AvgIpc) is 2.62. The molecule has 1 aliphatic rings. The Hall–Kier alpha value is -1.06. The average molecular weight is 199 g/mol. The molecular weight excluding hydrogens is 182 g/mol. The Morgan fingerprint density at radius 1 is 1.50 bits per heavy atom. The molecule has 0 spiro atoms. The summed E-state index contributed by atoms with van der Waals surface area (Å²) in [6.07, 6.45) is 3.06. The molecule has 0 aromatic heterocycles. The SMILES string of the molecule is CCCCC(=O)N1CCC(C(=O)O)C1. The van der Waals surface area contributed by atoms with Crippen LogP contribution in [0, 0.1) is 5.92 Å². The topological polar surface area (TPSA) is 57.6 Å². The summed E-state index contributed by atoms with van der Waals surface area (Å²) in [6, 6.07) is 0. The van der Waals surface area contributed by atoms with E-state index in [0.717, 1.165) is 12.8 Å². The van der Waals surface area contributed by atoms with Gasteiger partial charge in [0.15, 0.2) is 0 Å². The summed E-state index contributed by atoms with van der Waals surface area (Å²) in [7, 11) is 0. The molecule has 1 aliphatic heterocycles. The Kier molecular flexibility index (Phi) is 3.92. The minimum absolute atomic E-state index is 0.107. The van der Waals surface area contributed by atoms with Gasteiger partial charge in [-0.2, -0.15) is 0 Å². The Morgan fingerprint density at radius 3 is 2.71 bits per heavy atom. The molecule has 0 bridgehead atoms. The van der Waals surface area contributed by atoms with Gasteiger partial charge in [0.25, 0.3) is 0 Å². The quantitative estimate of drug-likeness (QED) is 0.737. The van der Waals surface area contributed by atoms with Crippen LogP contribution in [0.1, 0.15) is 32.6 Å². The summed E-state index contributed by atoms with van der Waals surface area (Å²) in [6.45, 7) is 3.05. The Bertz CT molecular complexity index is 227. The van der Waals surface area contributed by atoms with Crippen LogP contribution in [0.5, 0.6) is 0 Å². The smallest absolute Gasteiger partial charge is 0.308 e. The van der Waals surface area contributed by atoms with E-state index in [0.29, 0.717) is 25.9 Å². The van der Waals surface area contributed by atoms with Gasteiger partial charge in [-0.3, -0.25) is 9.59 Å². The van der Waals surface area contributed by atoms with Crippen LogP contribution in [0.15, 0.2) is 0 Å². The van der Waals surface area contributed by atoms with Gasteiger partial charge in [0, 0.05) is 19.5 Å². The fourth-order valence-corrected chi connectivity index (χ4v) is 1.67. The largest absolute Gasteiger partial charge is 0.481 e. The third kappa shape index (κ3) is 2.72. The summed E-state index contributed by atoms with van der Waals surface area (Å²) in [5.74, 6) is -1.02. The summed E-state index contributed by atoms with van der Waals surface area (Å²) < 4.78 is 0. The fourth-order valence-electron chi connectivity index (χ4n) is 1.67. The first-order chi connectivity index (χ1) is 6.65. The summed E-state index contributed by atoms with van der Waals surface area (Å²) >= 11 is 0. The molecule has 0 aromatic carbocycles. The Balaban J connectivity index is 2.34. The van der Waals surface area contributed by atoms with Crippen molar-refractivity contribution in [2.75, 3.05) is 13.1 Å². The van der Waals surface area contributed by atoms with E-state index in [1.807, 2.05) is 6.92 Å². The lowest BCUT2D eigenvalue weighted by Crippen LogP contribution is -2.29. The molecule has 1 heterocycles. The van der Waals surface area contributed by atoms with Crippen molar-refractivity contribution in [3.63, 3.8) is 0 Å². The van der Waals surface area contributed by atoms with Crippen LogP contribution >= 0.6 is 0 Å². The zero-order valence-corrected chi connectivity index (χ0v) is 8.53. The zero-order chi connectivity index (χ0) is 10.6. The standard InChI is InChI=1S/C10H17NO3/c1-2-3-4-9(12)11-6-5-8(7-11)10(13)14/h8H,2-7H2,1H3,(H,13,14). The van der Waals surface area contributed by atoms with Crippen molar-refractivity contribution in [3.05, 3.63) is 0 Å². The van der Waals surface area contributed by atoms with Crippen molar-refractivity contribution in [2.24, 2.45) is 5.92 Å². The zero-order valence-electron chi connectivity index (χ0n) is 8.53. The lowest BCUT2D eigenvalue weighted by atomic mass is 10.1. The van der Waals surface area contributed by atoms with Gasteiger partial charge in [-0.15, -0.1) is 0 Å². The monoisotopic (exact) mass is 199 g/mol. The lowest BCUT2D eigenvalue weighted by Gasteiger charge is -2.15. The molecule has 1 unspecified atom stereocenters. The predicted octanol–water partition coefficient (Wildman–Crippen LogP) is 1.11. The van der Waals surface area contributed by atoms with E-state index in [1.54, 1.807) is 4.90 Å². The van der Waals surface area contributed by atoms with Crippen molar-refractivity contribution < 1.29 is 14.7 Å². The van der Waals surface area contributed by atoms with E-state index in [4.69, 9.17) is 5.11 Å². The van der Waals surface area contributed by atoms with Crippen LogP contribution in [-0.4, -0.2) is 35.0 Å². The molecule has 4 nitrogen and oxygen atoms in total. The molecule has 0 aromatic rings. The van der Waals surface area contributed by atoms with Crippen LogP contribution in [0.4, 0.5) is 0 Å². The second-order valence-electron chi connectivity index (χ2n) is 3.77. The molecule has 0 radical (unpaired) electrons. The number of hydrogen-bond acceptors (Lipinski definition) is 2. The van der Waals surface area contributed by atoms with Gasteiger partial charge in [0.05, 0.1) is 5.92 Å². The van der Waals surface area contributed by atoms with Crippen molar-refractivity contribution >= 4 is 11.9 Å². The number of nitrogens with zero attached hydrogens (tertiary/aromatic N) is 1. The number of amides is 1. The summed E-state index contributed by atoms with van der Waals surface area (Å²) in [5.41, 5.74) is 0. The molecule has 1 fully saturated rings. The van der Waals surface area contributed by atoms with E-state index >= 15 is 0 Å². The normalized spacial score (nSPS) is 21.2.